The molecule has 0 atom stereocenters. The second-order valence-electron chi connectivity index (χ2n) is 3.72. The van der Waals surface area contributed by atoms with Gasteiger partial charge in [0.15, 0.2) is 0 Å². The summed E-state index contributed by atoms with van der Waals surface area (Å²) in [5, 5.41) is 1.34. The van der Waals surface area contributed by atoms with Gasteiger partial charge in [-0.1, -0.05) is 23.8 Å². The van der Waals surface area contributed by atoms with Crippen LogP contribution in [0, 0.1) is 6.92 Å². The lowest BCUT2D eigenvalue weighted by Gasteiger charge is -1.96. The molecule has 1 heterocycles. The molecule has 0 amide bonds. The van der Waals surface area contributed by atoms with Gasteiger partial charge in [0.2, 0.25) is 0 Å². The van der Waals surface area contributed by atoms with Crippen molar-refractivity contribution >= 4 is 17.0 Å². The number of allylic oxidation sites excluding steroid dienone is 1. The topological polar surface area (TPSA) is 4.93 Å². The van der Waals surface area contributed by atoms with Crippen LogP contribution in [-0.4, -0.2) is 4.57 Å². The molecule has 0 spiro atoms. The van der Waals surface area contributed by atoms with Crippen molar-refractivity contribution in [2.24, 2.45) is 7.05 Å². The van der Waals surface area contributed by atoms with Crippen LogP contribution in [0.1, 0.15) is 18.1 Å². The number of aryl methyl sites for hydroxylation is 2. The minimum absolute atomic E-state index is 1.30. The summed E-state index contributed by atoms with van der Waals surface area (Å²) in [6.45, 7) is 4.18. The van der Waals surface area contributed by atoms with Crippen molar-refractivity contribution in [1.29, 1.82) is 0 Å². The van der Waals surface area contributed by atoms with Gasteiger partial charge in [-0.3, -0.25) is 0 Å². The van der Waals surface area contributed by atoms with Crippen LogP contribution in [0.15, 0.2) is 30.5 Å². The fraction of sp³-hybridized carbons (Fsp3) is 0.231. The summed E-state index contributed by atoms with van der Waals surface area (Å²) in [5.74, 6) is 0. The van der Waals surface area contributed by atoms with E-state index >= 15 is 0 Å². The third-order valence-electron chi connectivity index (χ3n) is 2.52. The Morgan fingerprint density at radius 2 is 2.07 bits per heavy atom. The van der Waals surface area contributed by atoms with Crippen molar-refractivity contribution in [3.63, 3.8) is 0 Å². The SMILES string of the molecule is C/C=C/c1cn(C)c2ccc(C)cc12. The van der Waals surface area contributed by atoms with Crippen LogP contribution in [0.2, 0.25) is 0 Å². The monoisotopic (exact) mass is 185 g/mol. The van der Waals surface area contributed by atoms with Gasteiger partial charge < -0.3 is 4.57 Å². The molecule has 72 valence electrons. The standard InChI is InChI=1S/C13H15N/c1-4-5-11-9-14(3)13-7-6-10(2)8-12(11)13/h4-9H,1-3H3/b5-4+. The molecule has 0 aliphatic rings. The molecule has 0 fully saturated rings. The van der Waals surface area contributed by atoms with Crippen LogP contribution >= 0.6 is 0 Å². The van der Waals surface area contributed by atoms with Gasteiger partial charge in [0.05, 0.1) is 0 Å². The van der Waals surface area contributed by atoms with Gasteiger partial charge in [0.25, 0.3) is 0 Å². The van der Waals surface area contributed by atoms with Gasteiger partial charge in [-0.2, -0.15) is 0 Å². The lowest BCUT2D eigenvalue weighted by Crippen LogP contribution is -1.82. The molecule has 0 aliphatic carbocycles. The van der Waals surface area contributed by atoms with Crippen LogP contribution in [0.3, 0.4) is 0 Å². The first kappa shape index (κ1) is 9.07. The average molecular weight is 185 g/mol. The molecule has 0 saturated heterocycles. The van der Waals surface area contributed by atoms with Crippen molar-refractivity contribution in [2.45, 2.75) is 13.8 Å². The van der Waals surface area contributed by atoms with Crippen molar-refractivity contribution in [1.82, 2.24) is 4.57 Å². The smallest absolute Gasteiger partial charge is 0.0484 e. The van der Waals surface area contributed by atoms with Gasteiger partial charge in [0.1, 0.15) is 0 Å². The molecule has 0 aliphatic heterocycles. The maximum atomic E-state index is 2.24. The Labute approximate surface area is 84.7 Å². The van der Waals surface area contributed by atoms with E-state index < -0.39 is 0 Å². The molecular weight excluding hydrogens is 170 g/mol. The summed E-state index contributed by atoms with van der Waals surface area (Å²) in [4.78, 5) is 0. The number of fused-ring (bicyclic) bond motifs is 1. The maximum absolute atomic E-state index is 2.24. The van der Waals surface area contributed by atoms with E-state index in [0.717, 1.165) is 0 Å². The van der Waals surface area contributed by atoms with Crippen LogP contribution < -0.4 is 0 Å². The molecule has 0 saturated carbocycles. The zero-order valence-corrected chi connectivity index (χ0v) is 8.91. The highest BCUT2D eigenvalue weighted by Crippen LogP contribution is 2.22. The largest absolute Gasteiger partial charge is 0.350 e. The Morgan fingerprint density at radius 1 is 1.29 bits per heavy atom. The predicted molar refractivity (Wildman–Crippen MR) is 62.4 cm³/mol. The quantitative estimate of drug-likeness (QED) is 0.640. The van der Waals surface area contributed by atoms with E-state index in [1.165, 1.54) is 22.0 Å². The molecule has 14 heavy (non-hydrogen) atoms. The van der Waals surface area contributed by atoms with E-state index in [1.807, 2.05) is 0 Å². The number of benzene rings is 1. The van der Waals surface area contributed by atoms with Crippen molar-refractivity contribution in [3.05, 3.63) is 41.6 Å². The Balaban J connectivity index is 2.78. The minimum Gasteiger partial charge on any atom is -0.350 e. The number of hydrogen-bond acceptors (Lipinski definition) is 0. The van der Waals surface area contributed by atoms with Crippen molar-refractivity contribution in [3.8, 4) is 0 Å². The second kappa shape index (κ2) is 3.33. The number of rotatable bonds is 1. The highest BCUT2D eigenvalue weighted by molar-refractivity contribution is 5.89. The van der Waals surface area contributed by atoms with Gasteiger partial charge in [-0.15, -0.1) is 0 Å². The lowest BCUT2D eigenvalue weighted by atomic mass is 10.1. The number of nitrogens with zero attached hydrogens (tertiary/aromatic N) is 1. The first-order valence-electron chi connectivity index (χ1n) is 4.91. The molecule has 2 aromatic rings. The zero-order chi connectivity index (χ0) is 10.1. The Bertz CT molecular complexity index is 489. The van der Waals surface area contributed by atoms with Crippen molar-refractivity contribution in [2.75, 3.05) is 0 Å². The van der Waals surface area contributed by atoms with Crippen LogP contribution in [0.25, 0.3) is 17.0 Å². The lowest BCUT2D eigenvalue weighted by molar-refractivity contribution is 0.968. The maximum Gasteiger partial charge on any atom is 0.0484 e. The van der Waals surface area contributed by atoms with Crippen molar-refractivity contribution < 1.29 is 0 Å². The van der Waals surface area contributed by atoms with E-state index in [1.54, 1.807) is 0 Å². The highest BCUT2D eigenvalue weighted by Gasteiger charge is 2.03. The fourth-order valence-corrected chi connectivity index (χ4v) is 1.85. The van der Waals surface area contributed by atoms with Gasteiger partial charge >= 0.3 is 0 Å². The molecule has 1 aromatic carbocycles. The zero-order valence-electron chi connectivity index (χ0n) is 8.91. The highest BCUT2D eigenvalue weighted by atomic mass is 14.9. The van der Waals surface area contributed by atoms with E-state index in [4.69, 9.17) is 0 Å². The molecular formula is C13H15N. The van der Waals surface area contributed by atoms with E-state index in [-0.39, 0.29) is 0 Å². The average Bonchev–Trinajstić information content (AvgIpc) is 2.44. The normalized spacial score (nSPS) is 11.6. The molecule has 1 nitrogen and oxygen atoms in total. The number of aromatic nitrogens is 1. The van der Waals surface area contributed by atoms with Gasteiger partial charge in [-0.05, 0) is 31.5 Å². The molecule has 0 radical (unpaired) electrons. The molecule has 1 aromatic heterocycles. The third-order valence-corrected chi connectivity index (χ3v) is 2.52. The Morgan fingerprint density at radius 3 is 2.79 bits per heavy atom. The first-order valence-corrected chi connectivity index (χ1v) is 4.91. The molecule has 0 bridgehead atoms. The molecule has 1 heteroatoms. The van der Waals surface area contributed by atoms with Gasteiger partial charge in [0, 0.05) is 24.1 Å². The minimum atomic E-state index is 1.30. The van der Waals surface area contributed by atoms with Crippen LogP contribution in [0.5, 0.6) is 0 Å². The molecule has 0 N–H and O–H groups in total. The van der Waals surface area contributed by atoms with E-state index in [2.05, 4.69) is 62.0 Å². The van der Waals surface area contributed by atoms with Gasteiger partial charge in [-0.25, -0.2) is 0 Å². The van der Waals surface area contributed by atoms with E-state index in [0.29, 0.717) is 0 Å². The van der Waals surface area contributed by atoms with Crippen LogP contribution in [0.4, 0.5) is 0 Å². The fourth-order valence-electron chi connectivity index (χ4n) is 1.85. The summed E-state index contributed by atoms with van der Waals surface area (Å²) in [6.07, 6.45) is 6.41. The first-order chi connectivity index (χ1) is 6.72. The van der Waals surface area contributed by atoms with E-state index in [9.17, 15) is 0 Å². The molecule has 0 unspecified atom stereocenters. The summed E-state index contributed by atoms with van der Waals surface area (Å²) in [6, 6.07) is 6.57. The third kappa shape index (κ3) is 1.35. The Hall–Kier alpha value is -1.50. The summed E-state index contributed by atoms with van der Waals surface area (Å²) in [7, 11) is 2.09. The molecule has 2 rings (SSSR count). The summed E-state index contributed by atoms with van der Waals surface area (Å²) in [5.41, 5.74) is 3.91. The summed E-state index contributed by atoms with van der Waals surface area (Å²) < 4.78 is 2.17. The summed E-state index contributed by atoms with van der Waals surface area (Å²) >= 11 is 0. The second-order valence-corrected chi connectivity index (χ2v) is 3.72. The Kier molecular flexibility index (Phi) is 2.16. The van der Waals surface area contributed by atoms with Crippen LogP contribution in [-0.2, 0) is 7.05 Å². The predicted octanol–water partition coefficient (Wildman–Crippen LogP) is 3.52. The number of hydrogen-bond donors (Lipinski definition) is 0.